The van der Waals surface area contributed by atoms with E-state index < -0.39 is 0 Å². The van der Waals surface area contributed by atoms with E-state index in [9.17, 15) is 4.39 Å². The van der Waals surface area contributed by atoms with Crippen LogP contribution in [0.5, 0.6) is 0 Å². The molecule has 0 saturated carbocycles. The summed E-state index contributed by atoms with van der Waals surface area (Å²) in [4.78, 5) is 35.0. The Kier molecular flexibility index (Phi) is 10.0. The van der Waals surface area contributed by atoms with E-state index >= 15 is 0 Å². The van der Waals surface area contributed by atoms with Crippen molar-refractivity contribution in [1.82, 2.24) is 39.9 Å². The number of benzene rings is 2. The molecule has 0 atom stereocenters. The van der Waals surface area contributed by atoms with Crippen molar-refractivity contribution in [3.05, 3.63) is 158 Å². The molecule has 0 N–H and O–H groups in total. The molecule has 0 aliphatic rings. The van der Waals surface area contributed by atoms with Crippen molar-refractivity contribution in [2.75, 3.05) is 0 Å². The SMILES string of the molecule is Fc1ccc2nc3c4cccnc4c4ncccc4c3nc2c1.[Ru+2].c1ccc(-c2ccccn2)nc1.c1ccc(-c2ccccn2)nc1. The summed E-state index contributed by atoms with van der Waals surface area (Å²) >= 11 is 0. The fourth-order valence-electron chi connectivity index (χ4n) is 5.03. The Hall–Kier alpha value is -5.99. The molecule has 8 nitrogen and oxygen atoms in total. The van der Waals surface area contributed by atoms with Gasteiger partial charge in [0.05, 0.1) is 55.9 Å². The summed E-state index contributed by atoms with van der Waals surface area (Å²) in [6.07, 6.45) is 10.5. The quantitative estimate of drug-likeness (QED) is 0.100. The van der Waals surface area contributed by atoms with Crippen LogP contribution in [0.2, 0.25) is 0 Å². The first-order valence-electron chi connectivity index (χ1n) is 14.8. The zero-order valence-electron chi connectivity index (χ0n) is 25.2. The van der Waals surface area contributed by atoms with Crippen molar-refractivity contribution in [2.24, 2.45) is 0 Å². The standard InChI is InChI=1S/C18H9FN4.2C10H8N2.Ru/c19-10-5-6-13-14(9-10)23-18-12-4-2-8-21-16(12)15-11(17(18)22-13)3-1-7-20-15;2*1-3-7-11-9(5-1)10-6-2-4-8-12-10;/h1-9H;2*1-8H;/q;;;+2. The first kappa shape index (κ1) is 32.0. The molecule has 0 bridgehead atoms. The van der Waals surface area contributed by atoms with Gasteiger partial charge in [-0.3, -0.25) is 29.9 Å². The molecule has 0 fully saturated rings. The van der Waals surface area contributed by atoms with Gasteiger partial charge in [0.15, 0.2) is 0 Å². The van der Waals surface area contributed by atoms with Crippen molar-refractivity contribution >= 4 is 43.9 Å². The van der Waals surface area contributed by atoms with Crippen LogP contribution in [0.4, 0.5) is 4.39 Å². The molecule has 0 aliphatic heterocycles. The molecule has 7 heterocycles. The van der Waals surface area contributed by atoms with Crippen LogP contribution in [-0.2, 0) is 19.5 Å². The number of halogens is 1. The van der Waals surface area contributed by atoms with E-state index in [2.05, 4.69) is 34.9 Å². The molecule has 0 unspecified atom stereocenters. The predicted octanol–water partition coefficient (Wildman–Crippen LogP) is 8.30. The third kappa shape index (κ3) is 7.04. The van der Waals surface area contributed by atoms with Gasteiger partial charge in [-0.2, -0.15) is 0 Å². The second kappa shape index (κ2) is 15.1. The number of fused-ring (bicyclic) bond motifs is 7. The molecule has 7 aromatic heterocycles. The predicted molar refractivity (Wildman–Crippen MR) is 183 cm³/mol. The maximum absolute atomic E-state index is 13.5. The third-order valence-corrected chi connectivity index (χ3v) is 7.16. The largest absolute Gasteiger partial charge is 2.00 e. The minimum atomic E-state index is -0.323. The molecule has 230 valence electrons. The molecule has 0 spiro atoms. The monoisotopic (exact) mass is 714 g/mol. The molecule has 2 aromatic carbocycles. The Bertz CT molecular complexity index is 2270. The molecule has 48 heavy (non-hydrogen) atoms. The van der Waals surface area contributed by atoms with Gasteiger partial charge in [0, 0.05) is 54.0 Å². The number of aromatic nitrogens is 8. The summed E-state index contributed by atoms with van der Waals surface area (Å²) in [5, 5.41) is 1.76. The summed E-state index contributed by atoms with van der Waals surface area (Å²) in [5.41, 5.74) is 7.90. The number of rotatable bonds is 2. The summed E-state index contributed by atoms with van der Waals surface area (Å²) < 4.78 is 13.5. The van der Waals surface area contributed by atoms with Crippen LogP contribution in [-0.4, -0.2) is 39.9 Å². The van der Waals surface area contributed by atoms with Crippen molar-refractivity contribution in [3.8, 4) is 22.8 Å². The number of hydrogen-bond acceptors (Lipinski definition) is 8. The summed E-state index contributed by atoms with van der Waals surface area (Å²) in [6.45, 7) is 0. The molecule has 0 aliphatic carbocycles. The van der Waals surface area contributed by atoms with Gasteiger partial charge in [-0.1, -0.05) is 24.3 Å². The third-order valence-electron chi connectivity index (χ3n) is 7.16. The number of nitrogens with zero attached hydrogens (tertiary/aromatic N) is 8. The van der Waals surface area contributed by atoms with Crippen LogP contribution < -0.4 is 0 Å². The van der Waals surface area contributed by atoms with Crippen molar-refractivity contribution in [3.63, 3.8) is 0 Å². The molecule has 10 heteroatoms. The summed E-state index contributed by atoms with van der Waals surface area (Å²) in [7, 11) is 0. The molecule has 0 amide bonds. The van der Waals surface area contributed by atoms with Crippen molar-refractivity contribution in [1.29, 1.82) is 0 Å². The molecule has 9 aromatic rings. The van der Waals surface area contributed by atoms with E-state index in [0.29, 0.717) is 16.6 Å². The maximum atomic E-state index is 13.5. The van der Waals surface area contributed by atoms with Gasteiger partial charge in [0.1, 0.15) is 5.82 Å². The van der Waals surface area contributed by atoms with E-state index in [4.69, 9.17) is 4.98 Å². The van der Waals surface area contributed by atoms with Gasteiger partial charge in [0.25, 0.3) is 0 Å². The average Bonchev–Trinajstić information content (AvgIpc) is 3.16. The first-order valence-corrected chi connectivity index (χ1v) is 14.8. The topological polar surface area (TPSA) is 103 Å². The van der Waals surface area contributed by atoms with Crippen LogP contribution in [0, 0.1) is 5.82 Å². The van der Waals surface area contributed by atoms with E-state index in [1.54, 1.807) is 43.2 Å². The minimum absolute atomic E-state index is 0. The first-order chi connectivity index (χ1) is 23.2. The second-order valence-corrected chi connectivity index (χ2v) is 10.2. The van der Waals surface area contributed by atoms with Crippen LogP contribution in [0.15, 0.2) is 152 Å². The molecular weight excluding hydrogens is 689 g/mol. The Balaban J connectivity index is 0.000000136. The normalized spacial score (nSPS) is 10.4. The summed E-state index contributed by atoms with van der Waals surface area (Å²) in [5.74, 6) is -0.323. The minimum Gasteiger partial charge on any atom is -0.255 e. The summed E-state index contributed by atoms with van der Waals surface area (Å²) in [6, 6.07) is 35.3. The van der Waals surface area contributed by atoms with E-state index in [1.165, 1.54) is 12.1 Å². The molecular formula is C38H25FN8Ru+2. The number of pyridine rings is 6. The zero-order chi connectivity index (χ0) is 31.8. The smallest absolute Gasteiger partial charge is 0.255 e. The Morgan fingerprint density at radius 1 is 0.354 bits per heavy atom. The fourth-order valence-corrected chi connectivity index (χ4v) is 5.03. The average molecular weight is 714 g/mol. The molecule has 0 radical (unpaired) electrons. The van der Waals surface area contributed by atoms with Crippen molar-refractivity contribution < 1.29 is 23.9 Å². The van der Waals surface area contributed by atoms with Gasteiger partial charge in [-0.25, -0.2) is 14.4 Å². The maximum Gasteiger partial charge on any atom is 2.00 e. The Morgan fingerprint density at radius 3 is 1.15 bits per heavy atom. The fraction of sp³-hybridized carbons (Fsp3) is 0. The van der Waals surface area contributed by atoms with Gasteiger partial charge >= 0.3 is 19.5 Å². The second-order valence-electron chi connectivity index (χ2n) is 10.2. The van der Waals surface area contributed by atoms with Crippen LogP contribution in [0.3, 0.4) is 0 Å². The Labute approximate surface area is 287 Å². The van der Waals surface area contributed by atoms with Gasteiger partial charge < -0.3 is 0 Å². The Morgan fingerprint density at radius 2 is 0.750 bits per heavy atom. The van der Waals surface area contributed by atoms with E-state index in [1.807, 2.05) is 97.1 Å². The van der Waals surface area contributed by atoms with E-state index in [0.717, 1.165) is 50.1 Å². The van der Waals surface area contributed by atoms with Crippen LogP contribution in [0.25, 0.3) is 66.6 Å². The van der Waals surface area contributed by atoms with E-state index in [-0.39, 0.29) is 25.3 Å². The van der Waals surface area contributed by atoms with Crippen LogP contribution in [0.1, 0.15) is 0 Å². The molecule has 9 rings (SSSR count). The van der Waals surface area contributed by atoms with Crippen molar-refractivity contribution in [2.45, 2.75) is 0 Å². The van der Waals surface area contributed by atoms with Crippen LogP contribution >= 0.6 is 0 Å². The zero-order valence-corrected chi connectivity index (χ0v) is 27.0. The number of hydrogen-bond donors (Lipinski definition) is 0. The molecule has 0 saturated heterocycles. The van der Waals surface area contributed by atoms with Gasteiger partial charge in [-0.05, 0) is 84.9 Å². The van der Waals surface area contributed by atoms with Gasteiger partial charge in [0.2, 0.25) is 0 Å². The van der Waals surface area contributed by atoms with Gasteiger partial charge in [-0.15, -0.1) is 0 Å².